The van der Waals surface area contributed by atoms with Gasteiger partial charge in [0.1, 0.15) is 5.01 Å². The summed E-state index contributed by atoms with van der Waals surface area (Å²) in [6.07, 6.45) is 3.98. The molecule has 0 aliphatic heterocycles. The number of thiazole rings is 1. The van der Waals surface area contributed by atoms with Crippen LogP contribution in [0.25, 0.3) is 0 Å². The van der Waals surface area contributed by atoms with Crippen molar-refractivity contribution in [3.05, 3.63) is 52.0 Å². The van der Waals surface area contributed by atoms with Crippen LogP contribution in [-0.4, -0.2) is 30.1 Å². The lowest BCUT2D eigenvalue weighted by Gasteiger charge is -2.37. The zero-order chi connectivity index (χ0) is 19.7. The quantitative estimate of drug-likeness (QED) is 0.259. The van der Waals surface area contributed by atoms with Crippen molar-refractivity contribution in [1.82, 2.24) is 20.9 Å². The number of guanidine groups is 1. The molecular weight excluding hydrogens is 481 g/mol. The zero-order valence-electron chi connectivity index (χ0n) is 17.6. The fraction of sp³-hybridized carbons (Fsp3) is 0.524. The summed E-state index contributed by atoms with van der Waals surface area (Å²) in [7, 11) is 1.81. The maximum absolute atomic E-state index is 4.40. The molecule has 0 fully saturated rings. The van der Waals surface area contributed by atoms with Crippen molar-refractivity contribution in [1.29, 1.82) is 0 Å². The Labute approximate surface area is 190 Å². The van der Waals surface area contributed by atoms with Crippen molar-refractivity contribution in [3.63, 3.8) is 0 Å². The summed E-state index contributed by atoms with van der Waals surface area (Å²) in [5.74, 6) is 0.809. The molecule has 2 aromatic rings. The van der Waals surface area contributed by atoms with Crippen LogP contribution in [0.1, 0.15) is 55.1 Å². The van der Waals surface area contributed by atoms with Gasteiger partial charge in [0.05, 0.1) is 6.54 Å². The molecule has 1 aromatic heterocycles. The van der Waals surface area contributed by atoms with E-state index in [-0.39, 0.29) is 29.5 Å². The first-order valence-electron chi connectivity index (χ1n) is 9.70. The van der Waals surface area contributed by atoms with E-state index in [0.717, 1.165) is 30.4 Å². The molecule has 156 valence electrons. The van der Waals surface area contributed by atoms with Crippen LogP contribution in [0.4, 0.5) is 0 Å². The van der Waals surface area contributed by atoms with Crippen LogP contribution in [0, 0.1) is 6.92 Å². The number of hydrogen-bond donors (Lipinski definition) is 3. The van der Waals surface area contributed by atoms with Gasteiger partial charge in [-0.25, -0.2) is 4.98 Å². The lowest BCUT2D eigenvalue weighted by Crippen LogP contribution is -2.55. The van der Waals surface area contributed by atoms with Crippen molar-refractivity contribution < 1.29 is 0 Å². The molecule has 0 saturated carbocycles. The molecule has 0 amide bonds. The van der Waals surface area contributed by atoms with Gasteiger partial charge in [0, 0.05) is 36.2 Å². The van der Waals surface area contributed by atoms with E-state index in [0.29, 0.717) is 12.6 Å². The smallest absolute Gasteiger partial charge is 0.191 e. The summed E-state index contributed by atoms with van der Waals surface area (Å²) in [5, 5.41) is 11.8. The highest BCUT2D eigenvalue weighted by Gasteiger charge is 2.28. The van der Waals surface area contributed by atoms with Crippen molar-refractivity contribution in [2.24, 2.45) is 4.99 Å². The Morgan fingerprint density at radius 2 is 1.86 bits per heavy atom. The molecule has 5 nitrogen and oxygen atoms in total. The third-order valence-electron chi connectivity index (χ3n) is 5.07. The van der Waals surface area contributed by atoms with Gasteiger partial charge in [0.15, 0.2) is 5.96 Å². The predicted octanol–water partition coefficient (Wildman–Crippen LogP) is 4.64. The van der Waals surface area contributed by atoms with Crippen LogP contribution in [0.15, 0.2) is 41.5 Å². The topological polar surface area (TPSA) is 61.3 Å². The molecule has 0 radical (unpaired) electrons. The fourth-order valence-corrected chi connectivity index (χ4v) is 3.88. The Morgan fingerprint density at radius 3 is 2.39 bits per heavy atom. The van der Waals surface area contributed by atoms with Gasteiger partial charge in [-0.3, -0.25) is 4.99 Å². The summed E-state index contributed by atoms with van der Waals surface area (Å²) in [6.45, 7) is 10.3. The highest BCUT2D eigenvalue weighted by molar-refractivity contribution is 14.0. The predicted molar refractivity (Wildman–Crippen MR) is 132 cm³/mol. The molecule has 0 saturated heterocycles. The van der Waals surface area contributed by atoms with Gasteiger partial charge in [0.25, 0.3) is 0 Å². The van der Waals surface area contributed by atoms with Crippen LogP contribution in [0.5, 0.6) is 0 Å². The zero-order valence-corrected chi connectivity index (χ0v) is 20.7. The third-order valence-corrected chi connectivity index (χ3v) is 5.98. The lowest BCUT2D eigenvalue weighted by atomic mass is 9.90. The largest absolute Gasteiger partial charge is 0.355 e. The van der Waals surface area contributed by atoms with E-state index >= 15 is 0 Å². The van der Waals surface area contributed by atoms with Crippen LogP contribution >= 0.6 is 35.3 Å². The summed E-state index contributed by atoms with van der Waals surface area (Å²) >= 11 is 1.71. The van der Waals surface area contributed by atoms with Crippen LogP contribution in [0.2, 0.25) is 0 Å². The number of aliphatic imine (C=N–C) groups is 1. The number of nitrogens with zero attached hydrogens (tertiary/aromatic N) is 2. The number of benzene rings is 1. The number of halogens is 1. The molecule has 0 bridgehead atoms. The van der Waals surface area contributed by atoms with Crippen molar-refractivity contribution in [2.45, 2.75) is 58.7 Å². The second kappa shape index (κ2) is 12.4. The Kier molecular flexibility index (Phi) is 11.0. The average molecular weight is 516 g/mol. The minimum absolute atomic E-state index is 0. The highest BCUT2D eigenvalue weighted by Crippen LogP contribution is 2.21. The fourth-order valence-electron chi connectivity index (χ4n) is 3.16. The van der Waals surface area contributed by atoms with E-state index in [1.807, 2.05) is 13.2 Å². The van der Waals surface area contributed by atoms with E-state index in [4.69, 9.17) is 0 Å². The molecule has 3 N–H and O–H groups in total. The van der Waals surface area contributed by atoms with Gasteiger partial charge in [-0.1, -0.05) is 44.2 Å². The first-order valence-corrected chi connectivity index (χ1v) is 10.5. The maximum atomic E-state index is 4.40. The monoisotopic (exact) mass is 515 g/mol. The van der Waals surface area contributed by atoms with Gasteiger partial charge < -0.3 is 16.0 Å². The van der Waals surface area contributed by atoms with Gasteiger partial charge >= 0.3 is 0 Å². The first kappa shape index (κ1) is 24.8. The number of aromatic nitrogens is 1. The second-order valence-corrected chi connectivity index (χ2v) is 8.23. The average Bonchev–Trinajstić information content (AvgIpc) is 3.12. The van der Waals surface area contributed by atoms with Gasteiger partial charge in [-0.2, -0.15) is 0 Å². The molecular formula is C21H34IN5S. The highest BCUT2D eigenvalue weighted by atomic mass is 127. The number of hydrogen-bond acceptors (Lipinski definition) is 4. The summed E-state index contributed by atoms with van der Waals surface area (Å²) in [4.78, 5) is 9.99. The Bertz CT molecular complexity index is 713. The molecule has 0 spiro atoms. The summed E-state index contributed by atoms with van der Waals surface area (Å²) in [6, 6.07) is 10.9. The Hall–Kier alpha value is -1.19. The first-order chi connectivity index (χ1) is 13.0. The second-order valence-electron chi connectivity index (χ2n) is 6.91. The Morgan fingerprint density at radius 1 is 1.18 bits per heavy atom. The maximum Gasteiger partial charge on any atom is 0.191 e. The number of rotatable bonds is 9. The molecule has 1 aromatic carbocycles. The van der Waals surface area contributed by atoms with E-state index in [9.17, 15) is 0 Å². The minimum Gasteiger partial charge on any atom is -0.355 e. The molecule has 2 rings (SSSR count). The lowest BCUT2D eigenvalue weighted by molar-refractivity contribution is 0.271. The number of nitrogens with one attached hydrogen (secondary N) is 3. The van der Waals surface area contributed by atoms with Crippen LogP contribution in [-0.2, 0) is 6.54 Å². The third kappa shape index (κ3) is 7.33. The van der Waals surface area contributed by atoms with Crippen LogP contribution < -0.4 is 16.0 Å². The molecule has 1 atom stereocenters. The molecule has 0 aliphatic carbocycles. The van der Waals surface area contributed by atoms with E-state index in [1.54, 1.807) is 11.3 Å². The van der Waals surface area contributed by atoms with E-state index in [1.165, 1.54) is 10.4 Å². The molecule has 0 aliphatic rings. The number of aryl methyl sites for hydroxylation is 1. The molecule has 1 heterocycles. The minimum atomic E-state index is 0. The van der Waals surface area contributed by atoms with E-state index < -0.39 is 0 Å². The molecule has 1 unspecified atom stereocenters. The Balaban J connectivity index is 0.00000392. The van der Waals surface area contributed by atoms with Crippen molar-refractivity contribution in [3.8, 4) is 0 Å². The summed E-state index contributed by atoms with van der Waals surface area (Å²) < 4.78 is 0. The molecule has 7 heteroatoms. The normalized spacial score (nSPS) is 13.0. The van der Waals surface area contributed by atoms with E-state index in [2.05, 4.69) is 84.0 Å². The van der Waals surface area contributed by atoms with Gasteiger partial charge in [-0.15, -0.1) is 35.3 Å². The van der Waals surface area contributed by atoms with Crippen molar-refractivity contribution in [2.75, 3.05) is 13.6 Å². The van der Waals surface area contributed by atoms with Gasteiger partial charge in [-0.05, 0) is 32.3 Å². The molecule has 28 heavy (non-hydrogen) atoms. The van der Waals surface area contributed by atoms with Crippen molar-refractivity contribution >= 4 is 41.3 Å². The van der Waals surface area contributed by atoms with Crippen LogP contribution in [0.3, 0.4) is 0 Å². The SMILES string of the molecule is CCC(CC)(CNC(=NC)NCc1ncc(C)s1)NC(C)c1ccccc1.I. The van der Waals surface area contributed by atoms with Gasteiger partial charge in [0.2, 0.25) is 0 Å². The summed E-state index contributed by atoms with van der Waals surface area (Å²) in [5.41, 5.74) is 1.32. The standard InChI is InChI=1S/C21H33N5S.HI/c1-6-21(7-2,26-17(4)18-11-9-8-10-12-18)15-25-20(22-5)24-14-19-23-13-16(3)27-19;/h8-13,17,26H,6-7,14-15H2,1-5H3,(H2,22,24,25);1H.